The lowest BCUT2D eigenvalue weighted by Gasteiger charge is -2.33. The quantitative estimate of drug-likeness (QED) is 0.481. The minimum absolute atomic E-state index is 0.0946. The second-order valence-electron chi connectivity index (χ2n) is 3.31. The number of β-lactam (4-membered cyclic amide) rings is 1. The highest BCUT2D eigenvalue weighted by atomic mass is 16.6. The molecule has 5 heteroatoms. The third-order valence-electron chi connectivity index (χ3n) is 2.47. The van der Waals surface area contributed by atoms with E-state index in [1.807, 2.05) is 0 Å². The van der Waals surface area contributed by atoms with E-state index in [4.69, 9.17) is 4.74 Å². The third kappa shape index (κ3) is 1.31. The number of fused-ring (bicyclic) bond motifs is 1. The fourth-order valence-electron chi connectivity index (χ4n) is 1.76. The molecule has 0 aromatic heterocycles. The van der Waals surface area contributed by atoms with Gasteiger partial charge in [-0.2, -0.15) is 0 Å². The van der Waals surface area contributed by atoms with Crippen molar-refractivity contribution in [3.05, 3.63) is 24.5 Å². The molecule has 2 aliphatic rings. The maximum Gasteiger partial charge on any atom is 0.336 e. The number of methoxy groups -OCH3 is 1. The topological polar surface area (TPSA) is 55.8 Å². The largest absolute Gasteiger partial charge is 0.471 e. The predicted molar refractivity (Wildman–Crippen MR) is 50.4 cm³/mol. The summed E-state index contributed by atoms with van der Waals surface area (Å²) in [7, 11) is 1.28. The number of amides is 1. The van der Waals surface area contributed by atoms with Gasteiger partial charge in [0.15, 0.2) is 12.3 Å². The van der Waals surface area contributed by atoms with E-state index in [2.05, 4.69) is 11.3 Å². The second kappa shape index (κ2) is 3.42. The Hall–Kier alpha value is -1.78. The molecule has 2 atom stereocenters. The Morgan fingerprint density at radius 2 is 2.47 bits per heavy atom. The van der Waals surface area contributed by atoms with Crippen molar-refractivity contribution in [3.8, 4) is 0 Å². The molecular weight excluding hydrogens is 198 g/mol. The molecule has 2 saturated heterocycles. The molecule has 0 radical (unpaired) electrons. The number of ether oxygens (including phenoxy) is 2. The summed E-state index contributed by atoms with van der Waals surface area (Å²) in [6, 6.07) is -0.737. The number of nitrogens with zero attached hydrogens (tertiary/aromatic N) is 1. The maximum absolute atomic E-state index is 11.5. The van der Waals surface area contributed by atoms with E-state index in [1.54, 1.807) is 6.08 Å². The fourth-order valence-corrected chi connectivity index (χ4v) is 1.76. The summed E-state index contributed by atoms with van der Waals surface area (Å²) in [5.74, 6) is -0.158. The van der Waals surface area contributed by atoms with Gasteiger partial charge in [-0.15, -0.1) is 0 Å². The number of esters is 1. The first kappa shape index (κ1) is 9.76. The third-order valence-corrected chi connectivity index (χ3v) is 2.47. The average Bonchev–Trinajstić information content (AvgIpc) is 2.50. The molecule has 15 heavy (non-hydrogen) atoms. The monoisotopic (exact) mass is 209 g/mol. The summed E-state index contributed by atoms with van der Waals surface area (Å²) < 4.78 is 10.0. The summed E-state index contributed by atoms with van der Waals surface area (Å²) in [6.07, 6.45) is 3.10. The van der Waals surface area contributed by atoms with Crippen LogP contribution in [-0.2, 0) is 19.1 Å². The van der Waals surface area contributed by atoms with Gasteiger partial charge in [-0.3, -0.25) is 9.69 Å². The summed E-state index contributed by atoms with van der Waals surface area (Å²) in [5, 5.41) is 0. The second-order valence-corrected chi connectivity index (χ2v) is 3.31. The standard InChI is InChI=1S/C10H11NO4/c1-3-4-6-9(10(13)14-2)11-7(12)5-8(11)15-6/h3-4,8-9H,1,5H2,2H3. The van der Waals surface area contributed by atoms with Crippen LogP contribution in [0.3, 0.4) is 0 Å². The van der Waals surface area contributed by atoms with E-state index in [9.17, 15) is 9.59 Å². The molecule has 2 heterocycles. The molecular formula is C10H11NO4. The van der Waals surface area contributed by atoms with Gasteiger partial charge in [-0.05, 0) is 6.08 Å². The van der Waals surface area contributed by atoms with Crippen molar-refractivity contribution < 1.29 is 19.1 Å². The summed E-state index contributed by atoms with van der Waals surface area (Å²) >= 11 is 0. The Morgan fingerprint density at radius 3 is 3.00 bits per heavy atom. The van der Waals surface area contributed by atoms with Crippen molar-refractivity contribution in [1.29, 1.82) is 0 Å². The summed E-state index contributed by atoms with van der Waals surface area (Å²) in [5.41, 5.74) is 0. The molecule has 0 aromatic rings. The van der Waals surface area contributed by atoms with Gasteiger partial charge < -0.3 is 9.47 Å². The minimum Gasteiger partial charge on any atom is -0.471 e. The molecule has 2 fully saturated rings. The molecule has 0 aromatic carbocycles. The highest BCUT2D eigenvalue weighted by molar-refractivity contribution is 5.91. The smallest absolute Gasteiger partial charge is 0.336 e. The number of carbonyl (C=O) groups excluding carboxylic acids is 2. The van der Waals surface area contributed by atoms with Gasteiger partial charge in [0.25, 0.3) is 0 Å². The molecule has 0 spiro atoms. The van der Waals surface area contributed by atoms with Crippen LogP contribution in [-0.4, -0.2) is 36.2 Å². The van der Waals surface area contributed by atoms with E-state index in [0.717, 1.165) is 0 Å². The van der Waals surface area contributed by atoms with Gasteiger partial charge in [0, 0.05) is 0 Å². The van der Waals surface area contributed by atoms with Crippen molar-refractivity contribution in [1.82, 2.24) is 4.90 Å². The van der Waals surface area contributed by atoms with E-state index in [-0.39, 0.29) is 12.1 Å². The van der Waals surface area contributed by atoms with Crippen LogP contribution in [0.25, 0.3) is 0 Å². The van der Waals surface area contributed by atoms with Crippen LogP contribution in [0.15, 0.2) is 24.5 Å². The highest BCUT2D eigenvalue weighted by Gasteiger charge is 2.53. The molecule has 0 N–H and O–H groups in total. The number of allylic oxidation sites excluding steroid dienone is 2. The Labute approximate surface area is 86.9 Å². The van der Waals surface area contributed by atoms with Crippen LogP contribution in [0.4, 0.5) is 0 Å². The Balaban J connectivity index is 2.28. The molecule has 80 valence electrons. The van der Waals surface area contributed by atoms with E-state index >= 15 is 0 Å². The predicted octanol–water partition coefficient (Wildman–Crippen LogP) is 0.186. The van der Waals surface area contributed by atoms with Gasteiger partial charge >= 0.3 is 5.97 Å². The summed E-state index contributed by atoms with van der Waals surface area (Å²) in [4.78, 5) is 24.1. The fraction of sp³-hybridized carbons (Fsp3) is 0.400. The van der Waals surface area contributed by atoms with Crippen molar-refractivity contribution in [2.45, 2.75) is 18.7 Å². The van der Waals surface area contributed by atoms with E-state index < -0.39 is 12.0 Å². The molecule has 0 bridgehead atoms. The van der Waals surface area contributed by atoms with Crippen molar-refractivity contribution in [2.24, 2.45) is 0 Å². The zero-order chi connectivity index (χ0) is 11.0. The van der Waals surface area contributed by atoms with Gasteiger partial charge in [0.05, 0.1) is 13.5 Å². The maximum atomic E-state index is 11.5. The zero-order valence-electron chi connectivity index (χ0n) is 8.30. The molecule has 2 aliphatic heterocycles. The normalized spacial score (nSPS) is 30.6. The van der Waals surface area contributed by atoms with Crippen LogP contribution in [0.5, 0.6) is 0 Å². The number of rotatable bonds is 2. The first-order valence-corrected chi connectivity index (χ1v) is 4.57. The molecule has 2 unspecified atom stereocenters. The average molecular weight is 209 g/mol. The Kier molecular flexibility index (Phi) is 2.22. The van der Waals surface area contributed by atoms with E-state index in [1.165, 1.54) is 18.1 Å². The Morgan fingerprint density at radius 1 is 1.73 bits per heavy atom. The minimum atomic E-state index is -0.737. The van der Waals surface area contributed by atoms with Gasteiger partial charge in [0.1, 0.15) is 5.76 Å². The first-order valence-electron chi connectivity index (χ1n) is 4.57. The van der Waals surface area contributed by atoms with E-state index in [0.29, 0.717) is 12.2 Å². The van der Waals surface area contributed by atoms with Crippen molar-refractivity contribution in [2.75, 3.05) is 7.11 Å². The highest BCUT2D eigenvalue weighted by Crippen LogP contribution is 2.36. The van der Waals surface area contributed by atoms with Crippen LogP contribution in [0, 0.1) is 0 Å². The summed E-state index contributed by atoms with van der Waals surface area (Å²) in [6.45, 7) is 3.52. The molecule has 0 saturated carbocycles. The first-order chi connectivity index (χ1) is 7.19. The van der Waals surface area contributed by atoms with Gasteiger partial charge in [0.2, 0.25) is 5.91 Å². The van der Waals surface area contributed by atoms with Crippen LogP contribution in [0.2, 0.25) is 0 Å². The number of hydrogen-bond donors (Lipinski definition) is 0. The van der Waals surface area contributed by atoms with Crippen LogP contribution in [0.1, 0.15) is 6.42 Å². The molecule has 5 nitrogen and oxygen atoms in total. The molecule has 2 rings (SSSR count). The molecule has 1 amide bonds. The zero-order valence-corrected chi connectivity index (χ0v) is 8.30. The van der Waals surface area contributed by atoms with Gasteiger partial charge in [-0.25, -0.2) is 4.79 Å². The Bertz CT molecular complexity index is 360. The van der Waals surface area contributed by atoms with Crippen LogP contribution >= 0.6 is 0 Å². The molecule has 0 aliphatic carbocycles. The SMILES string of the molecule is C=CC=C1OC2CC(=O)N2C1C(=O)OC. The number of hydrogen-bond acceptors (Lipinski definition) is 4. The lowest BCUT2D eigenvalue weighted by Crippen LogP contribution is -2.55. The number of carbonyl (C=O) groups is 2. The van der Waals surface area contributed by atoms with Crippen molar-refractivity contribution in [3.63, 3.8) is 0 Å². The van der Waals surface area contributed by atoms with Crippen molar-refractivity contribution >= 4 is 11.9 Å². The lowest BCUT2D eigenvalue weighted by atomic mass is 10.1. The van der Waals surface area contributed by atoms with Crippen LogP contribution < -0.4 is 0 Å². The van der Waals surface area contributed by atoms with Gasteiger partial charge in [-0.1, -0.05) is 12.7 Å². The lowest BCUT2D eigenvalue weighted by molar-refractivity contribution is -0.164.